The Morgan fingerprint density at radius 1 is 1.16 bits per heavy atom. The second kappa shape index (κ2) is 9.86. The van der Waals surface area contributed by atoms with Gasteiger partial charge in [-0.3, -0.25) is 10.1 Å². The summed E-state index contributed by atoms with van der Waals surface area (Å²) in [5, 5.41) is 1.81. The number of alkyl halides is 3. The van der Waals surface area contributed by atoms with E-state index in [2.05, 4.69) is 4.98 Å². The van der Waals surface area contributed by atoms with Gasteiger partial charge in [-0.05, 0) is 29.7 Å². The van der Waals surface area contributed by atoms with Crippen molar-refractivity contribution in [3.8, 4) is 17.0 Å². The number of carbonyl (C=O) groups excluding carboxylic acids is 1. The first-order valence-electron chi connectivity index (χ1n) is 9.82. The van der Waals surface area contributed by atoms with Crippen molar-refractivity contribution in [1.82, 2.24) is 4.98 Å². The highest BCUT2D eigenvalue weighted by atomic mass is 19.4. The van der Waals surface area contributed by atoms with Crippen molar-refractivity contribution in [2.75, 3.05) is 19.5 Å². The number of carbonyl (C=O) groups is 1. The lowest BCUT2D eigenvalue weighted by Gasteiger charge is -2.10. The van der Waals surface area contributed by atoms with Crippen LogP contribution in [0.15, 0.2) is 52.9 Å². The molecule has 9 heteroatoms. The van der Waals surface area contributed by atoms with Gasteiger partial charge in [0.25, 0.3) is 0 Å². The summed E-state index contributed by atoms with van der Waals surface area (Å²) in [6.45, 7) is 2.17. The summed E-state index contributed by atoms with van der Waals surface area (Å²) in [4.78, 5) is 16.0. The number of benzene rings is 2. The lowest BCUT2D eigenvalue weighted by molar-refractivity contribution is -0.167. The summed E-state index contributed by atoms with van der Waals surface area (Å²) >= 11 is 0. The number of oxazole rings is 1. The number of nitrogens with one attached hydrogen (secondary N) is 1. The van der Waals surface area contributed by atoms with Gasteiger partial charge < -0.3 is 13.9 Å². The number of methoxy groups -OCH3 is 2. The number of hydrogen-bond donors (Lipinski definition) is 1. The molecule has 0 radical (unpaired) electrons. The molecule has 32 heavy (non-hydrogen) atoms. The summed E-state index contributed by atoms with van der Waals surface area (Å²) in [7, 11) is 3.02. The number of nitrogens with zero attached hydrogens (tertiary/aromatic N) is 1. The van der Waals surface area contributed by atoms with E-state index < -0.39 is 12.1 Å². The minimum atomic E-state index is -5.07. The van der Waals surface area contributed by atoms with Crippen LogP contribution in [0.2, 0.25) is 0 Å². The van der Waals surface area contributed by atoms with E-state index in [9.17, 15) is 18.0 Å². The number of hydrogen-bond acceptors (Lipinski definition) is 5. The largest absolute Gasteiger partial charge is 0.496 e. The highest BCUT2D eigenvalue weighted by Gasteiger charge is 2.40. The minimum absolute atomic E-state index is 0.00575. The normalized spacial score (nSPS) is 12.4. The molecule has 0 aliphatic carbocycles. The van der Waals surface area contributed by atoms with Crippen LogP contribution in [-0.2, 0) is 22.6 Å². The van der Waals surface area contributed by atoms with E-state index in [-0.39, 0.29) is 30.0 Å². The standard InChI is InChI=1S/C23H23F3N2O4/c1-14(15-7-5-4-6-8-15)11-19-27-20(21(32-19)28-22(29)23(24,25)26)16-9-10-18(31-3)17(12-16)13-30-2/h4-10,12,14H,11,13H2,1-3H3,(H,28,29). The summed E-state index contributed by atoms with van der Waals surface area (Å²) in [5.74, 6) is -1.75. The Labute approximate surface area is 183 Å². The van der Waals surface area contributed by atoms with Crippen molar-refractivity contribution < 1.29 is 31.9 Å². The number of halogens is 3. The summed E-state index contributed by atoms with van der Waals surface area (Å²) in [5.41, 5.74) is 2.25. The van der Waals surface area contributed by atoms with E-state index >= 15 is 0 Å². The summed E-state index contributed by atoms with van der Waals surface area (Å²) < 4.78 is 54.6. The Morgan fingerprint density at radius 2 is 1.88 bits per heavy atom. The molecule has 0 aliphatic rings. The first kappa shape index (κ1) is 23.3. The quantitative estimate of drug-likeness (QED) is 0.503. The van der Waals surface area contributed by atoms with E-state index in [1.807, 2.05) is 37.3 Å². The monoisotopic (exact) mass is 448 g/mol. The lowest BCUT2D eigenvalue weighted by atomic mass is 9.98. The molecule has 1 heterocycles. The number of rotatable bonds is 8. The second-order valence-corrected chi connectivity index (χ2v) is 7.21. The van der Waals surface area contributed by atoms with Crippen molar-refractivity contribution in [2.45, 2.75) is 32.0 Å². The topological polar surface area (TPSA) is 73.6 Å². The molecule has 3 aromatic rings. The molecule has 170 valence electrons. The predicted molar refractivity (Wildman–Crippen MR) is 112 cm³/mol. The van der Waals surface area contributed by atoms with Gasteiger partial charge in [-0.25, -0.2) is 4.98 Å². The fraction of sp³-hybridized carbons (Fsp3) is 0.304. The maximum atomic E-state index is 12.9. The molecule has 0 bridgehead atoms. The van der Waals surface area contributed by atoms with E-state index in [1.165, 1.54) is 14.2 Å². The summed E-state index contributed by atoms with van der Waals surface area (Å²) in [6, 6.07) is 14.5. The molecular weight excluding hydrogens is 425 g/mol. The van der Waals surface area contributed by atoms with Gasteiger partial charge in [0.15, 0.2) is 5.89 Å². The molecule has 1 N–H and O–H groups in total. The van der Waals surface area contributed by atoms with Crippen LogP contribution in [-0.4, -0.2) is 31.3 Å². The molecule has 0 saturated carbocycles. The zero-order valence-corrected chi connectivity index (χ0v) is 17.8. The van der Waals surface area contributed by atoms with Crippen LogP contribution in [0.1, 0.15) is 29.9 Å². The molecule has 1 unspecified atom stereocenters. The first-order chi connectivity index (χ1) is 15.2. The van der Waals surface area contributed by atoms with Crippen LogP contribution in [0.25, 0.3) is 11.3 Å². The number of anilines is 1. The van der Waals surface area contributed by atoms with Gasteiger partial charge in [-0.1, -0.05) is 37.3 Å². The molecule has 2 aromatic carbocycles. The van der Waals surface area contributed by atoms with Gasteiger partial charge >= 0.3 is 12.1 Å². The molecule has 1 amide bonds. The van der Waals surface area contributed by atoms with Crippen LogP contribution in [0.5, 0.6) is 5.75 Å². The minimum Gasteiger partial charge on any atom is -0.496 e. The van der Waals surface area contributed by atoms with Gasteiger partial charge in [0, 0.05) is 24.7 Å². The molecule has 6 nitrogen and oxygen atoms in total. The molecule has 0 fully saturated rings. The van der Waals surface area contributed by atoms with Crippen LogP contribution in [0.3, 0.4) is 0 Å². The zero-order chi connectivity index (χ0) is 23.3. The Bertz CT molecular complexity index is 1060. The van der Waals surface area contributed by atoms with Gasteiger partial charge in [0.2, 0.25) is 5.88 Å². The average Bonchev–Trinajstić information content (AvgIpc) is 3.15. The first-order valence-corrected chi connectivity index (χ1v) is 9.82. The fourth-order valence-electron chi connectivity index (χ4n) is 3.26. The van der Waals surface area contributed by atoms with Gasteiger partial charge in [-0.15, -0.1) is 0 Å². The van der Waals surface area contributed by atoms with E-state index in [1.54, 1.807) is 23.5 Å². The highest BCUT2D eigenvalue weighted by molar-refractivity contribution is 5.96. The van der Waals surface area contributed by atoms with Crippen LogP contribution >= 0.6 is 0 Å². The Morgan fingerprint density at radius 3 is 2.50 bits per heavy atom. The Kier molecular flexibility index (Phi) is 7.19. The molecule has 1 aromatic heterocycles. The number of aromatic nitrogens is 1. The average molecular weight is 448 g/mol. The van der Waals surface area contributed by atoms with E-state index in [0.29, 0.717) is 23.3 Å². The summed E-state index contributed by atoms with van der Waals surface area (Å²) in [6.07, 6.45) is -4.73. The van der Waals surface area contributed by atoms with Crippen molar-refractivity contribution >= 4 is 11.8 Å². The Hall–Kier alpha value is -3.33. The molecule has 0 saturated heterocycles. The molecule has 0 aliphatic heterocycles. The van der Waals surface area contributed by atoms with Crippen LogP contribution < -0.4 is 10.1 Å². The smallest absolute Gasteiger partial charge is 0.471 e. The number of amides is 1. The van der Waals surface area contributed by atoms with Crippen LogP contribution in [0, 0.1) is 0 Å². The third kappa shape index (κ3) is 5.47. The molecule has 0 spiro atoms. The van der Waals surface area contributed by atoms with Gasteiger partial charge in [-0.2, -0.15) is 13.2 Å². The maximum absolute atomic E-state index is 12.9. The third-order valence-corrected chi connectivity index (χ3v) is 4.86. The Balaban J connectivity index is 1.99. The van der Waals surface area contributed by atoms with Gasteiger partial charge in [0.1, 0.15) is 11.4 Å². The van der Waals surface area contributed by atoms with Gasteiger partial charge in [0.05, 0.1) is 13.7 Å². The predicted octanol–water partition coefficient (Wildman–Crippen LogP) is 5.34. The van der Waals surface area contributed by atoms with Crippen molar-refractivity contribution in [3.63, 3.8) is 0 Å². The van der Waals surface area contributed by atoms with E-state index in [4.69, 9.17) is 13.9 Å². The molecule has 1 atom stereocenters. The third-order valence-electron chi connectivity index (χ3n) is 4.86. The number of ether oxygens (including phenoxy) is 2. The SMILES string of the molecule is COCc1cc(-c2nc(CC(C)c3ccccc3)oc2NC(=O)C(F)(F)F)ccc1OC. The van der Waals surface area contributed by atoms with Crippen molar-refractivity contribution in [3.05, 3.63) is 65.5 Å². The maximum Gasteiger partial charge on any atom is 0.471 e. The van der Waals surface area contributed by atoms with Crippen molar-refractivity contribution in [2.24, 2.45) is 0 Å². The molecule has 3 rings (SSSR count). The fourth-order valence-corrected chi connectivity index (χ4v) is 3.26. The lowest BCUT2D eigenvalue weighted by Crippen LogP contribution is -2.29. The zero-order valence-electron chi connectivity index (χ0n) is 17.8. The van der Waals surface area contributed by atoms with Crippen molar-refractivity contribution in [1.29, 1.82) is 0 Å². The highest BCUT2D eigenvalue weighted by Crippen LogP contribution is 2.34. The molecular formula is C23H23F3N2O4. The second-order valence-electron chi connectivity index (χ2n) is 7.21. The van der Waals surface area contributed by atoms with Crippen LogP contribution in [0.4, 0.5) is 19.1 Å². The van der Waals surface area contributed by atoms with E-state index in [0.717, 1.165) is 5.56 Å².